The zero-order valence-electron chi connectivity index (χ0n) is 21.5. The molecule has 0 saturated carbocycles. The van der Waals surface area contributed by atoms with Crippen molar-refractivity contribution in [1.82, 2.24) is 23.6 Å². The first-order valence-corrected chi connectivity index (χ1v) is 12.1. The first-order valence-electron chi connectivity index (χ1n) is 12.1. The topological polar surface area (TPSA) is 97.8 Å². The summed E-state index contributed by atoms with van der Waals surface area (Å²) in [5, 5.41) is 11.0. The highest BCUT2D eigenvalue weighted by Crippen LogP contribution is 2.28. The van der Waals surface area contributed by atoms with Gasteiger partial charge in [0.2, 0.25) is 5.95 Å². The molecule has 35 heavy (non-hydrogen) atoms. The number of piperazine rings is 1. The smallest absolute Gasteiger partial charge is 0.332 e. The molecule has 3 heterocycles. The molecule has 4 rings (SSSR count). The van der Waals surface area contributed by atoms with Crippen molar-refractivity contribution in [3.05, 3.63) is 50.2 Å². The molecule has 10 heteroatoms. The standard InChI is InChI=1S/C25H36N6O4/c1-16(2)19-8-7-17(3)13-20(19)35-15-18(32)14-31-21-22(28(5)25(34)29(6)23(21)33)26-24(31)30-11-9-27(4)10-12-30/h7-8,13,16,18,32H,9-12,14-15H2,1-6H3. The maximum Gasteiger partial charge on any atom is 0.332 e. The van der Waals surface area contributed by atoms with Crippen LogP contribution in [0.5, 0.6) is 5.75 Å². The average Bonchev–Trinajstić information content (AvgIpc) is 3.19. The van der Waals surface area contributed by atoms with Gasteiger partial charge in [0.25, 0.3) is 5.56 Å². The molecule has 3 aromatic rings. The van der Waals surface area contributed by atoms with Gasteiger partial charge in [-0.25, -0.2) is 4.79 Å². The lowest BCUT2D eigenvalue weighted by Crippen LogP contribution is -2.45. The van der Waals surface area contributed by atoms with Gasteiger partial charge in [0.05, 0.1) is 6.54 Å². The lowest BCUT2D eigenvalue weighted by atomic mass is 10.0. The first-order chi connectivity index (χ1) is 16.6. The number of ether oxygens (including phenoxy) is 1. The summed E-state index contributed by atoms with van der Waals surface area (Å²) in [6, 6.07) is 6.09. The van der Waals surface area contributed by atoms with E-state index >= 15 is 0 Å². The van der Waals surface area contributed by atoms with Crippen molar-refractivity contribution in [3.8, 4) is 5.75 Å². The third kappa shape index (κ3) is 4.85. The van der Waals surface area contributed by atoms with E-state index in [-0.39, 0.29) is 19.1 Å². The van der Waals surface area contributed by atoms with E-state index in [4.69, 9.17) is 9.72 Å². The van der Waals surface area contributed by atoms with Crippen molar-refractivity contribution in [3.63, 3.8) is 0 Å². The summed E-state index contributed by atoms with van der Waals surface area (Å²) in [5.74, 6) is 1.63. The fourth-order valence-electron chi connectivity index (χ4n) is 4.55. The summed E-state index contributed by atoms with van der Waals surface area (Å²) in [4.78, 5) is 34.7. The summed E-state index contributed by atoms with van der Waals surface area (Å²) in [7, 11) is 5.14. The molecule has 0 radical (unpaired) electrons. The zero-order chi connectivity index (χ0) is 25.4. The summed E-state index contributed by atoms with van der Waals surface area (Å²) in [6.07, 6.45) is -0.888. The molecule has 1 aliphatic rings. The van der Waals surface area contributed by atoms with Crippen molar-refractivity contribution in [1.29, 1.82) is 0 Å². The number of aryl methyl sites for hydroxylation is 2. The van der Waals surface area contributed by atoms with Gasteiger partial charge in [0.1, 0.15) is 18.5 Å². The second-order valence-electron chi connectivity index (χ2n) is 9.85. The molecule has 0 bridgehead atoms. The number of rotatable bonds is 7. The molecule has 1 fully saturated rings. The van der Waals surface area contributed by atoms with Crippen LogP contribution in [0.1, 0.15) is 30.9 Å². The van der Waals surface area contributed by atoms with Gasteiger partial charge in [-0.15, -0.1) is 0 Å². The van der Waals surface area contributed by atoms with Crippen molar-refractivity contribution >= 4 is 17.1 Å². The number of benzene rings is 1. The number of imidazole rings is 1. The molecule has 10 nitrogen and oxygen atoms in total. The number of aliphatic hydroxyl groups excluding tert-OH is 1. The van der Waals surface area contributed by atoms with Gasteiger partial charge in [-0.3, -0.25) is 13.9 Å². The molecular formula is C25H36N6O4. The molecular weight excluding hydrogens is 448 g/mol. The van der Waals surface area contributed by atoms with Crippen LogP contribution in [0.2, 0.25) is 0 Å². The van der Waals surface area contributed by atoms with Crippen LogP contribution in [0.3, 0.4) is 0 Å². The normalized spacial score (nSPS) is 15.8. The van der Waals surface area contributed by atoms with Crippen LogP contribution >= 0.6 is 0 Å². The van der Waals surface area contributed by atoms with Crippen molar-refractivity contribution in [2.75, 3.05) is 44.7 Å². The third-order valence-corrected chi connectivity index (χ3v) is 6.73. The monoisotopic (exact) mass is 484 g/mol. The Kier molecular flexibility index (Phi) is 7.05. The molecule has 2 aromatic heterocycles. The number of hydrogen-bond acceptors (Lipinski definition) is 7. The SMILES string of the molecule is Cc1ccc(C(C)C)c(OCC(O)Cn2c(N3CCN(C)CC3)nc3c2c(=O)n(C)c(=O)n3C)c1. The minimum atomic E-state index is -0.888. The predicted octanol–water partition coefficient (Wildman–Crippen LogP) is 1.06. The van der Waals surface area contributed by atoms with Gasteiger partial charge < -0.3 is 24.2 Å². The van der Waals surface area contributed by atoms with Crippen molar-refractivity contribution < 1.29 is 9.84 Å². The highest BCUT2D eigenvalue weighted by Gasteiger charge is 2.26. The maximum atomic E-state index is 13.1. The molecule has 1 saturated heterocycles. The van der Waals surface area contributed by atoms with E-state index in [1.54, 1.807) is 11.6 Å². The molecule has 190 valence electrons. The van der Waals surface area contributed by atoms with Gasteiger partial charge >= 0.3 is 5.69 Å². The Morgan fingerprint density at radius 3 is 2.40 bits per heavy atom. The van der Waals surface area contributed by atoms with Gasteiger partial charge in [0.15, 0.2) is 11.2 Å². The molecule has 1 unspecified atom stereocenters. The fourth-order valence-corrected chi connectivity index (χ4v) is 4.55. The van der Waals surface area contributed by atoms with Gasteiger partial charge in [-0.2, -0.15) is 4.98 Å². The van der Waals surface area contributed by atoms with Gasteiger partial charge in [-0.1, -0.05) is 26.0 Å². The summed E-state index contributed by atoms with van der Waals surface area (Å²) < 4.78 is 10.3. The second kappa shape index (κ2) is 9.87. The number of aliphatic hydroxyl groups is 1. The minimum absolute atomic E-state index is 0.0666. The number of aromatic nitrogens is 4. The lowest BCUT2D eigenvalue weighted by molar-refractivity contribution is 0.0929. The number of anilines is 1. The Hall–Kier alpha value is -3.11. The van der Waals surface area contributed by atoms with E-state index < -0.39 is 17.4 Å². The Bertz CT molecular complexity index is 1330. The summed E-state index contributed by atoms with van der Waals surface area (Å²) in [6.45, 7) is 9.60. The van der Waals surface area contributed by atoms with Crippen LogP contribution in [0.4, 0.5) is 5.95 Å². The van der Waals surface area contributed by atoms with E-state index in [1.807, 2.05) is 13.0 Å². The van der Waals surface area contributed by atoms with Gasteiger partial charge in [0, 0.05) is 40.3 Å². The highest BCUT2D eigenvalue weighted by atomic mass is 16.5. The van der Waals surface area contributed by atoms with E-state index in [0.29, 0.717) is 17.1 Å². The predicted molar refractivity (Wildman–Crippen MR) is 137 cm³/mol. The van der Waals surface area contributed by atoms with Crippen LogP contribution in [0.25, 0.3) is 11.2 Å². The average molecular weight is 485 g/mol. The molecule has 0 spiro atoms. The second-order valence-corrected chi connectivity index (χ2v) is 9.85. The van der Waals surface area contributed by atoms with Crippen molar-refractivity contribution in [2.24, 2.45) is 14.1 Å². The third-order valence-electron chi connectivity index (χ3n) is 6.73. The summed E-state index contributed by atoms with van der Waals surface area (Å²) in [5.41, 5.74) is 1.94. The minimum Gasteiger partial charge on any atom is -0.491 e. The highest BCUT2D eigenvalue weighted by molar-refractivity contribution is 5.74. The van der Waals surface area contributed by atoms with Crippen LogP contribution in [-0.2, 0) is 20.6 Å². The molecule has 1 aromatic carbocycles. The number of hydrogen-bond donors (Lipinski definition) is 1. The number of nitrogens with zero attached hydrogens (tertiary/aromatic N) is 6. The Morgan fingerprint density at radius 1 is 1.06 bits per heavy atom. The number of fused-ring (bicyclic) bond motifs is 1. The fraction of sp³-hybridized carbons (Fsp3) is 0.560. The van der Waals surface area contributed by atoms with Crippen LogP contribution in [0.15, 0.2) is 27.8 Å². The lowest BCUT2D eigenvalue weighted by Gasteiger charge is -2.33. The van der Waals surface area contributed by atoms with E-state index in [2.05, 4.69) is 42.8 Å². The quantitative estimate of drug-likeness (QED) is 0.536. The van der Waals surface area contributed by atoms with Crippen LogP contribution in [-0.4, -0.2) is 74.6 Å². The van der Waals surface area contributed by atoms with Gasteiger partial charge in [-0.05, 0) is 37.1 Å². The zero-order valence-corrected chi connectivity index (χ0v) is 21.5. The Labute approximate surface area is 205 Å². The number of likely N-dealkylation sites (N-methyl/N-ethyl adjacent to an activating group) is 1. The van der Waals surface area contributed by atoms with E-state index in [0.717, 1.165) is 47.6 Å². The van der Waals surface area contributed by atoms with E-state index in [9.17, 15) is 14.7 Å². The Balaban J connectivity index is 1.68. The summed E-state index contributed by atoms with van der Waals surface area (Å²) >= 11 is 0. The molecule has 1 N–H and O–H groups in total. The molecule has 1 aliphatic heterocycles. The maximum absolute atomic E-state index is 13.1. The van der Waals surface area contributed by atoms with Crippen molar-refractivity contribution in [2.45, 2.75) is 39.3 Å². The molecule has 1 atom stereocenters. The molecule has 0 amide bonds. The Morgan fingerprint density at radius 2 is 1.74 bits per heavy atom. The van der Waals surface area contributed by atoms with E-state index in [1.165, 1.54) is 11.6 Å². The molecule has 0 aliphatic carbocycles. The first kappa shape index (κ1) is 25.0. The van der Waals surface area contributed by atoms with Crippen LogP contribution < -0.4 is 20.9 Å². The largest absolute Gasteiger partial charge is 0.491 e. The van der Waals surface area contributed by atoms with Crippen LogP contribution in [0, 0.1) is 6.92 Å².